The number of ether oxygens (including phenoxy) is 1. The first-order chi connectivity index (χ1) is 9.92. The zero-order chi connectivity index (χ0) is 14.0. The van der Waals surface area contributed by atoms with Gasteiger partial charge in [-0.2, -0.15) is 0 Å². The van der Waals surface area contributed by atoms with E-state index in [0.717, 1.165) is 31.9 Å². The lowest BCUT2D eigenvalue weighted by Gasteiger charge is -2.26. The summed E-state index contributed by atoms with van der Waals surface area (Å²) in [6.45, 7) is 5.38. The molecule has 0 saturated heterocycles. The Bertz CT molecular complexity index is 377. The molecule has 1 aliphatic heterocycles. The van der Waals surface area contributed by atoms with E-state index >= 15 is 0 Å². The average molecular weight is 275 g/mol. The molecular weight excluding hydrogens is 246 g/mol. The van der Waals surface area contributed by atoms with Gasteiger partial charge in [-0.15, -0.1) is 0 Å². The molecule has 1 N–H and O–H groups in total. The van der Waals surface area contributed by atoms with E-state index in [9.17, 15) is 0 Å². The molecule has 0 spiro atoms. The third-order valence-corrected chi connectivity index (χ3v) is 4.18. The monoisotopic (exact) mass is 275 g/mol. The third kappa shape index (κ3) is 4.82. The fourth-order valence-corrected chi connectivity index (χ4v) is 2.93. The Kier molecular flexibility index (Phi) is 6.93. The topological polar surface area (TPSA) is 21.3 Å². The summed E-state index contributed by atoms with van der Waals surface area (Å²) in [6.07, 6.45) is 9.36. The van der Waals surface area contributed by atoms with Crippen LogP contribution in [0.3, 0.4) is 0 Å². The highest BCUT2D eigenvalue weighted by atomic mass is 16.5. The predicted molar refractivity (Wildman–Crippen MR) is 85.5 cm³/mol. The van der Waals surface area contributed by atoms with E-state index in [1.807, 2.05) is 0 Å². The van der Waals surface area contributed by atoms with Gasteiger partial charge in [0.15, 0.2) is 0 Å². The molecule has 0 fully saturated rings. The smallest absolute Gasteiger partial charge is 0.122 e. The van der Waals surface area contributed by atoms with E-state index in [0.29, 0.717) is 5.92 Å². The number of benzene rings is 1. The second-order valence-electron chi connectivity index (χ2n) is 5.84. The lowest BCUT2D eigenvalue weighted by molar-refractivity contribution is 0.264. The van der Waals surface area contributed by atoms with Gasteiger partial charge >= 0.3 is 0 Å². The van der Waals surface area contributed by atoms with Crippen molar-refractivity contribution in [2.75, 3.05) is 19.7 Å². The van der Waals surface area contributed by atoms with Crippen LogP contribution in [0, 0.1) is 0 Å². The van der Waals surface area contributed by atoms with E-state index in [1.54, 1.807) is 0 Å². The molecule has 1 aromatic rings. The number of unbranched alkanes of at least 4 members (excludes halogenated alkanes) is 5. The van der Waals surface area contributed by atoms with Gasteiger partial charge in [0, 0.05) is 12.5 Å². The summed E-state index contributed by atoms with van der Waals surface area (Å²) >= 11 is 0. The minimum absolute atomic E-state index is 0.625. The maximum Gasteiger partial charge on any atom is 0.122 e. The van der Waals surface area contributed by atoms with E-state index in [4.69, 9.17) is 4.74 Å². The lowest BCUT2D eigenvalue weighted by atomic mass is 9.93. The quantitative estimate of drug-likeness (QED) is 0.670. The van der Waals surface area contributed by atoms with Crippen LogP contribution in [0.2, 0.25) is 0 Å². The summed E-state index contributed by atoms with van der Waals surface area (Å²) < 4.78 is 5.71. The summed E-state index contributed by atoms with van der Waals surface area (Å²) in [6, 6.07) is 8.49. The van der Waals surface area contributed by atoms with Crippen molar-refractivity contribution in [3.05, 3.63) is 29.8 Å². The molecule has 1 aliphatic rings. The van der Waals surface area contributed by atoms with Crippen LogP contribution in [0.15, 0.2) is 24.3 Å². The molecule has 2 nitrogen and oxygen atoms in total. The van der Waals surface area contributed by atoms with E-state index in [2.05, 4.69) is 36.5 Å². The van der Waals surface area contributed by atoms with Crippen molar-refractivity contribution in [2.24, 2.45) is 0 Å². The standard InChI is InChI=1S/C18H29NO/c1-2-3-4-5-6-9-13-19-15-16-12-14-20-18-11-8-7-10-17(16)18/h7-8,10-11,16,19H,2-6,9,12-15H2,1H3. The first-order valence-electron chi connectivity index (χ1n) is 8.34. The molecule has 0 radical (unpaired) electrons. The Labute approximate surface area is 123 Å². The van der Waals surface area contributed by atoms with E-state index in [-0.39, 0.29) is 0 Å². The maximum atomic E-state index is 5.71. The van der Waals surface area contributed by atoms with Crippen LogP contribution in [-0.4, -0.2) is 19.7 Å². The molecule has 1 atom stereocenters. The van der Waals surface area contributed by atoms with Gasteiger partial charge in [0.25, 0.3) is 0 Å². The highest BCUT2D eigenvalue weighted by Crippen LogP contribution is 2.32. The molecule has 0 aromatic heterocycles. The fourth-order valence-electron chi connectivity index (χ4n) is 2.93. The first-order valence-corrected chi connectivity index (χ1v) is 8.34. The molecule has 0 aliphatic carbocycles. The molecule has 1 aromatic carbocycles. The summed E-state index contributed by atoms with van der Waals surface area (Å²) in [5.41, 5.74) is 1.38. The molecule has 0 saturated carbocycles. The summed E-state index contributed by atoms with van der Waals surface area (Å²) in [5, 5.41) is 3.63. The van der Waals surface area contributed by atoms with Crippen molar-refractivity contribution in [1.29, 1.82) is 0 Å². The van der Waals surface area contributed by atoms with Crippen LogP contribution in [0.25, 0.3) is 0 Å². The average Bonchev–Trinajstić information content (AvgIpc) is 2.50. The van der Waals surface area contributed by atoms with E-state index < -0.39 is 0 Å². The molecule has 2 heteroatoms. The number of nitrogens with one attached hydrogen (secondary N) is 1. The van der Waals surface area contributed by atoms with Crippen molar-refractivity contribution in [3.63, 3.8) is 0 Å². The van der Waals surface area contributed by atoms with Crippen LogP contribution >= 0.6 is 0 Å². The Morgan fingerprint density at radius 1 is 1.10 bits per heavy atom. The molecule has 1 unspecified atom stereocenters. The van der Waals surface area contributed by atoms with Crippen LogP contribution in [0.5, 0.6) is 5.75 Å². The van der Waals surface area contributed by atoms with Gasteiger partial charge in [0.2, 0.25) is 0 Å². The number of para-hydroxylation sites is 1. The summed E-state index contributed by atoms with van der Waals surface area (Å²) in [5.74, 6) is 1.71. The van der Waals surface area contributed by atoms with Gasteiger partial charge in [0.05, 0.1) is 6.61 Å². The van der Waals surface area contributed by atoms with Crippen molar-refractivity contribution < 1.29 is 4.74 Å². The zero-order valence-corrected chi connectivity index (χ0v) is 12.9. The van der Waals surface area contributed by atoms with Gasteiger partial charge in [-0.1, -0.05) is 57.2 Å². The minimum atomic E-state index is 0.625. The normalized spacial score (nSPS) is 17.6. The SMILES string of the molecule is CCCCCCCCNCC1CCOc2ccccc21. The minimum Gasteiger partial charge on any atom is -0.493 e. The van der Waals surface area contributed by atoms with Crippen LogP contribution in [0.1, 0.15) is 63.4 Å². The van der Waals surface area contributed by atoms with Crippen molar-refractivity contribution in [3.8, 4) is 5.75 Å². The Morgan fingerprint density at radius 3 is 2.80 bits per heavy atom. The van der Waals surface area contributed by atoms with Gasteiger partial charge in [-0.25, -0.2) is 0 Å². The van der Waals surface area contributed by atoms with Crippen molar-refractivity contribution in [2.45, 2.75) is 57.8 Å². The van der Waals surface area contributed by atoms with Gasteiger partial charge in [-0.05, 0) is 31.0 Å². The molecule has 0 bridgehead atoms. The van der Waals surface area contributed by atoms with Gasteiger partial charge in [0.1, 0.15) is 5.75 Å². The number of rotatable bonds is 9. The zero-order valence-electron chi connectivity index (χ0n) is 12.9. The lowest BCUT2D eigenvalue weighted by Crippen LogP contribution is -2.26. The molecule has 112 valence electrons. The Hall–Kier alpha value is -1.02. The van der Waals surface area contributed by atoms with Crippen molar-refractivity contribution >= 4 is 0 Å². The second-order valence-corrected chi connectivity index (χ2v) is 5.84. The molecule has 1 heterocycles. The predicted octanol–water partition coefficient (Wildman–Crippen LogP) is 4.50. The number of fused-ring (bicyclic) bond motifs is 1. The molecule has 0 amide bonds. The van der Waals surface area contributed by atoms with Gasteiger partial charge in [-0.3, -0.25) is 0 Å². The third-order valence-electron chi connectivity index (χ3n) is 4.18. The fraction of sp³-hybridized carbons (Fsp3) is 0.667. The summed E-state index contributed by atoms with van der Waals surface area (Å²) in [7, 11) is 0. The second kappa shape index (κ2) is 9.02. The number of hydrogen-bond donors (Lipinski definition) is 1. The highest BCUT2D eigenvalue weighted by molar-refractivity contribution is 5.37. The van der Waals surface area contributed by atoms with Crippen LogP contribution in [-0.2, 0) is 0 Å². The largest absolute Gasteiger partial charge is 0.493 e. The van der Waals surface area contributed by atoms with Gasteiger partial charge < -0.3 is 10.1 Å². The van der Waals surface area contributed by atoms with E-state index in [1.165, 1.54) is 44.1 Å². The Balaban J connectivity index is 1.61. The van der Waals surface area contributed by atoms with Crippen LogP contribution in [0.4, 0.5) is 0 Å². The van der Waals surface area contributed by atoms with Crippen molar-refractivity contribution in [1.82, 2.24) is 5.32 Å². The Morgan fingerprint density at radius 2 is 1.90 bits per heavy atom. The molecule has 2 rings (SSSR count). The maximum absolute atomic E-state index is 5.71. The summed E-state index contributed by atoms with van der Waals surface area (Å²) in [4.78, 5) is 0. The highest BCUT2D eigenvalue weighted by Gasteiger charge is 2.20. The molecular formula is C18H29NO. The molecule has 20 heavy (non-hydrogen) atoms. The number of hydrogen-bond acceptors (Lipinski definition) is 2. The van der Waals surface area contributed by atoms with Crippen LogP contribution < -0.4 is 10.1 Å². The first kappa shape index (κ1) is 15.4.